The van der Waals surface area contributed by atoms with E-state index in [-0.39, 0.29) is 29.7 Å². The number of benzene rings is 1. The topological polar surface area (TPSA) is 15.3 Å². The molecular weight excluding hydrogens is 343 g/mol. The summed E-state index contributed by atoms with van der Waals surface area (Å²) in [6.07, 6.45) is 0. The van der Waals surface area contributed by atoms with E-state index in [1.54, 1.807) is 6.07 Å². The predicted octanol–water partition coefficient (Wildman–Crippen LogP) is 4.00. The highest BCUT2D eigenvalue weighted by Crippen LogP contribution is 2.40. The molecule has 1 aliphatic heterocycles. The number of piperazine rings is 1. The first-order chi connectivity index (χ1) is 8.91. The molecule has 2 rings (SSSR count). The van der Waals surface area contributed by atoms with Crippen LogP contribution in [0.3, 0.4) is 0 Å². The molecule has 1 heterocycles. The fourth-order valence-electron chi connectivity index (χ4n) is 2.88. The van der Waals surface area contributed by atoms with Crippen LogP contribution in [-0.4, -0.2) is 31.1 Å². The van der Waals surface area contributed by atoms with Gasteiger partial charge in [0.05, 0.1) is 4.47 Å². The van der Waals surface area contributed by atoms with Gasteiger partial charge in [-0.25, -0.2) is 4.39 Å². The fraction of sp³-hybridized carbons (Fsp3) is 0.600. The van der Waals surface area contributed by atoms with Crippen molar-refractivity contribution in [3.05, 3.63) is 34.1 Å². The molecule has 1 aromatic rings. The van der Waals surface area contributed by atoms with Gasteiger partial charge in [-0.3, -0.25) is 4.90 Å². The standard InChI is InChI=1S/C15H22BrFN2.ClH/c1-15(2,3)14(19-9-7-18-8-10-19)11-5-4-6-12(16)13(11)17;/h4-6,14,18H,7-10H2,1-3H3;1H/t14-;/m0./s1. The second kappa shape index (κ2) is 7.21. The number of nitrogens with zero attached hydrogens (tertiary/aromatic N) is 1. The largest absolute Gasteiger partial charge is 0.314 e. The Morgan fingerprint density at radius 2 is 1.85 bits per heavy atom. The molecule has 0 unspecified atom stereocenters. The highest BCUT2D eigenvalue weighted by atomic mass is 79.9. The average Bonchev–Trinajstić information content (AvgIpc) is 2.35. The van der Waals surface area contributed by atoms with Crippen molar-refractivity contribution >= 4 is 28.3 Å². The highest BCUT2D eigenvalue weighted by molar-refractivity contribution is 9.10. The van der Waals surface area contributed by atoms with Crippen molar-refractivity contribution in [1.82, 2.24) is 10.2 Å². The summed E-state index contributed by atoms with van der Waals surface area (Å²) in [5, 5.41) is 3.35. The number of rotatable bonds is 2. The van der Waals surface area contributed by atoms with E-state index in [1.807, 2.05) is 12.1 Å². The first-order valence-corrected chi connectivity index (χ1v) is 7.59. The molecule has 0 aliphatic carbocycles. The molecule has 2 nitrogen and oxygen atoms in total. The second-order valence-corrected chi connectivity index (χ2v) is 7.05. The molecule has 1 atom stereocenters. The molecule has 0 aromatic heterocycles. The molecule has 20 heavy (non-hydrogen) atoms. The number of nitrogens with one attached hydrogen (secondary N) is 1. The lowest BCUT2D eigenvalue weighted by Gasteiger charge is -2.42. The van der Waals surface area contributed by atoms with Gasteiger partial charge < -0.3 is 5.32 Å². The zero-order valence-corrected chi connectivity index (χ0v) is 14.7. The first kappa shape index (κ1) is 17.9. The van der Waals surface area contributed by atoms with Crippen LogP contribution in [0.4, 0.5) is 4.39 Å². The molecule has 0 bridgehead atoms. The Morgan fingerprint density at radius 3 is 2.40 bits per heavy atom. The molecular formula is C15H23BrClFN2. The van der Waals surface area contributed by atoms with Gasteiger partial charge in [0.1, 0.15) is 5.82 Å². The fourth-order valence-corrected chi connectivity index (χ4v) is 3.26. The van der Waals surface area contributed by atoms with Gasteiger partial charge in [0.25, 0.3) is 0 Å². The van der Waals surface area contributed by atoms with Gasteiger partial charge in [-0.1, -0.05) is 32.9 Å². The van der Waals surface area contributed by atoms with Crippen molar-refractivity contribution in [3.8, 4) is 0 Å². The summed E-state index contributed by atoms with van der Waals surface area (Å²) in [6.45, 7) is 10.4. The van der Waals surface area contributed by atoms with Crippen LogP contribution in [0.5, 0.6) is 0 Å². The third kappa shape index (κ3) is 3.94. The third-order valence-corrected chi connectivity index (χ3v) is 4.23. The minimum absolute atomic E-state index is 0. The first-order valence-electron chi connectivity index (χ1n) is 6.80. The van der Waals surface area contributed by atoms with Gasteiger partial charge in [0.2, 0.25) is 0 Å². The molecule has 1 N–H and O–H groups in total. The summed E-state index contributed by atoms with van der Waals surface area (Å²) in [4.78, 5) is 2.39. The van der Waals surface area contributed by atoms with Crippen molar-refractivity contribution in [2.45, 2.75) is 26.8 Å². The van der Waals surface area contributed by atoms with Crippen molar-refractivity contribution in [3.63, 3.8) is 0 Å². The van der Waals surface area contributed by atoms with Crippen molar-refractivity contribution in [2.24, 2.45) is 5.41 Å². The molecule has 0 saturated carbocycles. The molecule has 1 aliphatic rings. The van der Waals surface area contributed by atoms with E-state index in [1.165, 1.54) is 0 Å². The zero-order chi connectivity index (χ0) is 14.0. The van der Waals surface area contributed by atoms with E-state index in [2.05, 4.69) is 46.9 Å². The van der Waals surface area contributed by atoms with Crippen molar-refractivity contribution < 1.29 is 4.39 Å². The molecule has 0 spiro atoms. The Bertz CT molecular complexity index is 442. The van der Waals surface area contributed by atoms with E-state index in [4.69, 9.17) is 0 Å². The third-order valence-electron chi connectivity index (χ3n) is 3.61. The van der Waals surface area contributed by atoms with E-state index in [0.717, 1.165) is 31.7 Å². The van der Waals surface area contributed by atoms with Crippen LogP contribution >= 0.6 is 28.3 Å². The van der Waals surface area contributed by atoms with Gasteiger partial charge in [-0.15, -0.1) is 12.4 Å². The predicted molar refractivity (Wildman–Crippen MR) is 88.0 cm³/mol. The normalized spacial score (nSPS) is 18.4. The van der Waals surface area contributed by atoms with E-state index >= 15 is 0 Å². The van der Waals surface area contributed by atoms with Crippen LogP contribution in [-0.2, 0) is 0 Å². The van der Waals surface area contributed by atoms with E-state index < -0.39 is 0 Å². The van der Waals surface area contributed by atoms with Crippen molar-refractivity contribution in [1.29, 1.82) is 0 Å². The Labute approximate surface area is 135 Å². The number of halogens is 3. The van der Waals surface area contributed by atoms with Crippen LogP contribution < -0.4 is 5.32 Å². The molecule has 0 radical (unpaired) electrons. The molecule has 1 saturated heterocycles. The summed E-state index contributed by atoms with van der Waals surface area (Å²) >= 11 is 3.30. The molecule has 114 valence electrons. The van der Waals surface area contributed by atoms with Crippen LogP contribution in [0, 0.1) is 11.2 Å². The van der Waals surface area contributed by atoms with Crippen LogP contribution in [0.15, 0.2) is 22.7 Å². The lowest BCUT2D eigenvalue weighted by Crippen LogP contribution is -2.48. The zero-order valence-electron chi connectivity index (χ0n) is 12.2. The monoisotopic (exact) mass is 364 g/mol. The lowest BCUT2D eigenvalue weighted by molar-refractivity contribution is 0.0833. The maximum atomic E-state index is 14.4. The van der Waals surface area contributed by atoms with Crippen LogP contribution in [0.2, 0.25) is 0 Å². The smallest absolute Gasteiger partial charge is 0.142 e. The summed E-state index contributed by atoms with van der Waals surface area (Å²) in [5.41, 5.74) is 0.794. The average molecular weight is 366 g/mol. The number of hydrogen-bond donors (Lipinski definition) is 1. The summed E-state index contributed by atoms with van der Waals surface area (Å²) < 4.78 is 15.0. The summed E-state index contributed by atoms with van der Waals surface area (Å²) in [6, 6.07) is 5.70. The Morgan fingerprint density at radius 1 is 1.25 bits per heavy atom. The molecule has 1 aromatic carbocycles. The Kier molecular flexibility index (Phi) is 6.45. The van der Waals surface area contributed by atoms with E-state index in [9.17, 15) is 4.39 Å². The summed E-state index contributed by atoms with van der Waals surface area (Å²) in [5.74, 6) is -0.124. The summed E-state index contributed by atoms with van der Waals surface area (Å²) in [7, 11) is 0. The van der Waals surface area contributed by atoms with Gasteiger partial charge in [0, 0.05) is 37.8 Å². The van der Waals surface area contributed by atoms with Gasteiger partial charge in [-0.2, -0.15) is 0 Å². The Balaban J connectivity index is 0.00000200. The van der Waals surface area contributed by atoms with Gasteiger partial charge in [-0.05, 0) is 27.4 Å². The number of hydrogen-bond acceptors (Lipinski definition) is 2. The highest BCUT2D eigenvalue weighted by Gasteiger charge is 2.34. The second-order valence-electron chi connectivity index (χ2n) is 6.20. The van der Waals surface area contributed by atoms with Gasteiger partial charge in [0.15, 0.2) is 0 Å². The quantitative estimate of drug-likeness (QED) is 0.852. The van der Waals surface area contributed by atoms with Crippen molar-refractivity contribution in [2.75, 3.05) is 26.2 Å². The lowest BCUT2D eigenvalue weighted by atomic mass is 9.80. The van der Waals surface area contributed by atoms with Gasteiger partial charge >= 0.3 is 0 Å². The minimum atomic E-state index is -0.124. The maximum Gasteiger partial charge on any atom is 0.142 e. The molecule has 1 fully saturated rings. The van der Waals surface area contributed by atoms with Crippen LogP contribution in [0.25, 0.3) is 0 Å². The molecule has 0 amide bonds. The van der Waals surface area contributed by atoms with E-state index in [0.29, 0.717) is 4.47 Å². The Hall–Kier alpha value is -0.160. The molecule has 5 heteroatoms. The van der Waals surface area contributed by atoms with Crippen LogP contribution in [0.1, 0.15) is 32.4 Å². The maximum absolute atomic E-state index is 14.4. The SMILES string of the molecule is CC(C)(C)[C@H](c1cccc(Br)c1F)N1CCNCC1.Cl. The minimum Gasteiger partial charge on any atom is -0.314 e.